The number of carbonyl (C=O) groups is 1. The predicted octanol–water partition coefficient (Wildman–Crippen LogP) is 2.70. The minimum atomic E-state index is -0.968. The molecule has 0 atom stereocenters. The van der Waals surface area contributed by atoms with Gasteiger partial charge in [0.05, 0.1) is 5.56 Å². The summed E-state index contributed by atoms with van der Waals surface area (Å²) in [6.07, 6.45) is 1.53. The van der Waals surface area contributed by atoms with Gasteiger partial charge >= 0.3 is 5.97 Å². The van der Waals surface area contributed by atoms with Crippen molar-refractivity contribution in [3.05, 3.63) is 51.7 Å². The summed E-state index contributed by atoms with van der Waals surface area (Å²) in [6, 6.07) is 11.0. The first-order valence-corrected chi connectivity index (χ1v) is 6.57. The first-order valence-electron chi connectivity index (χ1n) is 5.49. The van der Waals surface area contributed by atoms with E-state index in [9.17, 15) is 4.79 Å². The molecule has 3 rings (SSSR count). The third-order valence-corrected chi connectivity index (χ3v) is 3.47. The number of carboxylic acid groups (broad SMARTS) is 1. The van der Waals surface area contributed by atoms with E-state index in [4.69, 9.17) is 5.11 Å². The van der Waals surface area contributed by atoms with E-state index in [1.807, 2.05) is 24.3 Å². The average Bonchev–Trinajstić information content (AvgIpc) is 2.82. The summed E-state index contributed by atoms with van der Waals surface area (Å²) in [6.45, 7) is 0. The number of carboxylic acids is 1. The molecular weight excluding hydrogens is 357 g/mol. The standard InChI is InChI=1S/C13H8IN3O2/c14-10-4-1-8(2-5-10)12-16-15-11-6-3-9(13(18)19)7-17(11)12/h1-7H,(H,18,19). The van der Waals surface area contributed by atoms with E-state index < -0.39 is 5.97 Å². The first-order chi connectivity index (χ1) is 9.15. The van der Waals surface area contributed by atoms with E-state index in [2.05, 4.69) is 32.8 Å². The van der Waals surface area contributed by atoms with Crippen LogP contribution in [-0.4, -0.2) is 25.7 Å². The molecule has 0 saturated heterocycles. The van der Waals surface area contributed by atoms with Crippen LogP contribution in [-0.2, 0) is 0 Å². The molecule has 0 aliphatic heterocycles. The normalized spacial score (nSPS) is 10.8. The average molecular weight is 365 g/mol. The van der Waals surface area contributed by atoms with E-state index in [1.165, 1.54) is 12.3 Å². The Morgan fingerprint density at radius 1 is 1.11 bits per heavy atom. The molecule has 0 saturated carbocycles. The van der Waals surface area contributed by atoms with Crippen molar-refractivity contribution in [2.45, 2.75) is 0 Å². The van der Waals surface area contributed by atoms with E-state index in [1.54, 1.807) is 10.5 Å². The lowest BCUT2D eigenvalue weighted by Gasteiger charge is -2.01. The molecule has 6 heteroatoms. The zero-order valence-corrected chi connectivity index (χ0v) is 11.8. The van der Waals surface area contributed by atoms with Crippen LogP contribution in [0.4, 0.5) is 0 Å². The number of benzene rings is 1. The van der Waals surface area contributed by atoms with Crippen LogP contribution in [0.5, 0.6) is 0 Å². The van der Waals surface area contributed by atoms with Gasteiger partial charge in [-0.3, -0.25) is 4.40 Å². The van der Waals surface area contributed by atoms with E-state index >= 15 is 0 Å². The maximum atomic E-state index is 11.0. The van der Waals surface area contributed by atoms with Crippen molar-refractivity contribution < 1.29 is 9.90 Å². The lowest BCUT2D eigenvalue weighted by atomic mass is 10.2. The zero-order valence-electron chi connectivity index (χ0n) is 9.62. The van der Waals surface area contributed by atoms with Gasteiger partial charge in [0.15, 0.2) is 11.5 Å². The number of halogens is 1. The number of aromatic nitrogens is 3. The van der Waals surface area contributed by atoms with Crippen LogP contribution in [0.2, 0.25) is 0 Å². The maximum Gasteiger partial charge on any atom is 0.337 e. The Morgan fingerprint density at radius 3 is 2.53 bits per heavy atom. The van der Waals surface area contributed by atoms with Gasteiger partial charge in [-0.05, 0) is 46.9 Å². The topological polar surface area (TPSA) is 67.5 Å². The smallest absolute Gasteiger partial charge is 0.337 e. The van der Waals surface area contributed by atoms with Crippen molar-refractivity contribution in [3.63, 3.8) is 0 Å². The minimum absolute atomic E-state index is 0.207. The molecule has 0 aliphatic carbocycles. The Labute approximate surface area is 122 Å². The number of rotatable bonds is 2. The fourth-order valence-corrected chi connectivity index (χ4v) is 2.17. The Balaban J connectivity index is 2.21. The molecule has 0 unspecified atom stereocenters. The molecule has 19 heavy (non-hydrogen) atoms. The van der Waals surface area contributed by atoms with Gasteiger partial charge in [-0.1, -0.05) is 12.1 Å². The second-order valence-corrected chi connectivity index (χ2v) is 5.23. The lowest BCUT2D eigenvalue weighted by molar-refractivity contribution is 0.0696. The molecule has 0 spiro atoms. The number of hydrogen-bond acceptors (Lipinski definition) is 3. The van der Waals surface area contributed by atoms with Gasteiger partial charge in [0.1, 0.15) is 0 Å². The van der Waals surface area contributed by atoms with Gasteiger partial charge in [-0.15, -0.1) is 10.2 Å². The van der Waals surface area contributed by atoms with Crippen molar-refractivity contribution in [2.24, 2.45) is 0 Å². The summed E-state index contributed by atoms with van der Waals surface area (Å²) in [7, 11) is 0. The quantitative estimate of drug-likeness (QED) is 0.710. The fourth-order valence-electron chi connectivity index (χ4n) is 1.81. The van der Waals surface area contributed by atoms with Crippen molar-refractivity contribution >= 4 is 34.2 Å². The number of fused-ring (bicyclic) bond motifs is 1. The molecule has 0 bridgehead atoms. The summed E-state index contributed by atoms with van der Waals surface area (Å²) in [5.74, 6) is -0.335. The third-order valence-electron chi connectivity index (χ3n) is 2.75. The molecule has 1 N–H and O–H groups in total. The van der Waals surface area contributed by atoms with Crippen LogP contribution in [0, 0.1) is 3.57 Å². The maximum absolute atomic E-state index is 11.0. The summed E-state index contributed by atoms with van der Waals surface area (Å²) < 4.78 is 2.81. The molecule has 2 aromatic heterocycles. The van der Waals surface area contributed by atoms with E-state index in [0.29, 0.717) is 11.5 Å². The highest BCUT2D eigenvalue weighted by Crippen LogP contribution is 2.20. The van der Waals surface area contributed by atoms with Gasteiger partial charge in [0, 0.05) is 15.3 Å². The molecule has 0 amide bonds. The third kappa shape index (κ3) is 2.19. The van der Waals surface area contributed by atoms with Gasteiger partial charge < -0.3 is 5.11 Å². The Hall–Kier alpha value is -1.96. The molecule has 0 fully saturated rings. The number of aromatic carboxylic acids is 1. The van der Waals surface area contributed by atoms with Crippen molar-refractivity contribution in [2.75, 3.05) is 0 Å². The predicted molar refractivity (Wildman–Crippen MR) is 78.1 cm³/mol. The monoisotopic (exact) mass is 365 g/mol. The van der Waals surface area contributed by atoms with Crippen LogP contribution in [0.3, 0.4) is 0 Å². The summed E-state index contributed by atoms with van der Waals surface area (Å²) in [5, 5.41) is 17.2. The Kier molecular flexibility index (Phi) is 2.94. The van der Waals surface area contributed by atoms with Crippen LogP contribution in [0.15, 0.2) is 42.6 Å². The Bertz CT molecular complexity index is 765. The summed E-state index contributed by atoms with van der Waals surface area (Å²) in [5.41, 5.74) is 1.73. The lowest BCUT2D eigenvalue weighted by Crippen LogP contribution is -1.99. The SMILES string of the molecule is O=C(O)c1ccc2nnc(-c3ccc(I)cc3)n2c1. The van der Waals surface area contributed by atoms with Crippen LogP contribution < -0.4 is 0 Å². The molecule has 5 nitrogen and oxygen atoms in total. The minimum Gasteiger partial charge on any atom is -0.478 e. The molecular formula is C13H8IN3O2. The Morgan fingerprint density at radius 2 is 1.84 bits per heavy atom. The summed E-state index contributed by atoms with van der Waals surface area (Å²) >= 11 is 2.23. The van der Waals surface area contributed by atoms with Crippen molar-refractivity contribution in [3.8, 4) is 11.4 Å². The van der Waals surface area contributed by atoms with Crippen molar-refractivity contribution in [1.82, 2.24) is 14.6 Å². The second-order valence-electron chi connectivity index (χ2n) is 3.98. The fraction of sp³-hybridized carbons (Fsp3) is 0. The van der Waals surface area contributed by atoms with Gasteiger partial charge in [-0.2, -0.15) is 0 Å². The molecule has 2 heterocycles. The molecule has 0 radical (unpaired) electrons. The zero-order chi connectivity index (χ0) is 13.4. The van der Waals surface area contributed by atoms with Crippen LogP contribution in [0.1, 0.15) is 10.4 Å². The molecule has 1 aromatic carbocycles. The highest BCUT2D eigenvalue weighted by atomic mass is 127. The van der Waals surface area contributed by atoms with E-state index in [0.717, 1.165) is 9.13 Å². The largest absolute Gasteiger partial charge is 0.478 e. The molecule has 94 valence electrons. The van der Waals surface area contributed by atoms with Crippen molar-refractivity contribution in [1.29, 1.82) is 0 Å². The van der Waals surface area contributed by atoms with Gasteiger partial charge in [0.2, 0.25) is 0 Å². The molecule has 0 aliphatic rings. The highest BCUT2D eigenvalue weighted by Gasteiger charge is 2.10. The second kappa shape index (κ2) is 4.61. The van der Waals surface area contributed by atoms with Gasteiger partial charge in [0.25, 0.3) is 0 Å². The van der Waals surface area contributed by atoms with Gasteiger partial charge in [-0.25, -0.2) is 4.79 Å². The number of pyridine rings is 1. The summed E-state index contributed by atoms with van der Waals surface area (Å²) in [4.78, 5) is 11.0. The van der Waals surface area contributed by atoms with Crippen LogP contribution in [0.25, 0.3) is 17.0 Å². The molecule has 3 aromatic rings. The van der Waals surface area contributed by atoms with Crippen LogP contribution >= 0.6 is 22.6 Å². The highest BCUT2D eigenvalue weighted by molar-refractivity contribution is 14.1. The number of nitrogens with zero attached hydrogens (tertiary/aromatic N) is 3. The van der Waals surface area contributed by atoms with E-state index in [-0.39, 0.29) is 5.56 Å². The number of hydrogen-bond donors (Lipinski definition) is 1. The first kappa shape index (κ1) is 12.1.